The molecule has 0 saturated carbocycles. The number of nitrogens with one attached hydrogen (secondary N) is 2. The van der Waals surface area contributed by atoms with Crippen LogP contribution in [0.3, 0.4) is 0 Å². The molecule has 32 heavy (non-hydrogen) atoms. The highest BCUT2D eigenvalue weighted by Crippen LogP contribution is 2.36. The maximum absolute atomic E-state index is 4.59. The third kappa shape index (κ3) is 3.59. The summed E-state index contributed by atoms with van der Waals surface area (Å²) in [5.41, 5.74) is 7.76. The molecule has 0 unspecified atom stereocenters. The van der Waals surface area contributed by atoms with E-state index in [0.29, 0.717) is 5.65 Å². The van der Waals surface area contributed by atoms with Gasteiger partial charge in [0.2, 0.25) is 0 Å². The lowest BCUT2D eigenvalue weighted by molar-refractivity contribution is 1.10. The number of allylic oxidation sites excluding steroid dienone is 5. The number of aromatic amines is 2. The van der Waals surface area contributed by atoms with Crippen LogP contribution in [0.4, 0.5) is 0 Å². The van der Waals surface area contributed by atoms with Gasteiger partial charge in [-0.25, -0.2) is 4.98 Å². The molecule has 0 bridgehead atoms. The smallest absolute Gasteiger partial charge is 0.181 e. The summed E-state index contributed by atoms with van der Waals surface area (Å²) in [7, 11) is 0. The van der Waals surface area contributed by atoms with Gasteiger partial charge in [-0.3, -0.25) is 10.1 Å². The van der Waals surface area contributed by atoms with E-state index in [1.165, 1.54) is 9.75 Å². The summed E-state index contributed by atoms with van der Waals surface area (Å²) in [5.74, 6) is 0. The second-order valence-electron chi connectivity index (χ2n) is 7.88. The molecule has 0 aliphatic carbocycles. The zero-order valence-corrected chi connectivity index (χ0v) is 19.0. The lowest BCUT2D eigenvalue weighted by atomic mass is 10.0. The van der Waals surface area contributed by atoms with Crippen LogP contribution in [0.5, 0.6) is 0 Å². The molecular weight excluding hydrogens is 414 g/mol. The van der Waals surface area contributed by atoms with Crippen molar-refractivity contribution in [3.8, 4) is 21.8 Å². The SMILES string of the molecule is C=C(C)/C=C(\C=C/C)c1cnc2n[nH]c(-c3cc4c(-c5ccc(C)s5)cncc4[nH]3)c2c1. The molecule has 5 nitrogen and oxygen atoms in total. The van der Waals surface area contributed by atoms with Gasteiger partial charge in [-0.05, 0) is 50.6 Å². The summed E-state index contributed by atoms with van der Waals surface area (Å²) in [6.07, 6.45) is 11.8. The minimum atomic E-state index is 0.685. The number of nitrogens with zero attached hydrogens (tertiary/aromatic N) is 3. The van der Waals surface area contributed by atoms with E-state index in [9.17, 15) is 0 Å². The van der Waals surface area contributed by atoms with Crippen LogP contribution in [0, 0.1) is 6.92 Å². The Morgan fingerprint density at radius 3 is 2.75 bits per heavy atom. The van der Waals surface area contributed by atoms with Gasteiger partial charge >= 0.3 is 0 Å². The topological polar surface area (TPSA) is 70.2 Å². The first-order valence-corrected chi connectivity index (χ1v) is 11.2. The highest BCUT2D eigenvalue weighted by atomic mass is 32.1. The molecule has 2 N–H and O–H groups in total. The van der Waals surface area contributed by atoms with Crippen molar-refractivity contribution in [2.24, 2.45) is 0 Å². The van der Waals surface area contributed by atoms with Crippen molar-refractivity contribution in [3.05, 3.63) is 83.7 Å². The Kier molecular flexibility index (Phi) is 5.07. The zero-order valence-electron chi connectivity index (χ0n) is 18.2. The molecule has 0 saturated heterocycles. The Labute approximate surface area is 190 Å². The summed E-state index contributed by atoms with van der Waals surface area (Å²) in [4.78, 5) is 15.1. The monoisotopic (exact) mass is 437 g/mol. The van der Waals surface area contributed by atoms with Crippen LogP contribution in [-0.4, -0.2) is 25.1 Å². The number of hydrogen-bond donors (Lipinski definition) is 2. The molecule has 0 atom stereocenters. The third-order valence-corrected chi connectivity index (χ3v) is 6.35. The van der Waals surface area contributed by atoms with Gasteiger partial charge in [0.15, 0.2) is 5.65 Å². The van der Waals surface area contributed by atoms with Crippen LogP contribution in [0.25, 0.3) is 49.3 Å². The van der Waals surface area contributed by atoms with Crippen LogP contribution in [0.15, 0.2) is 73.2 Å². The van der Waals surface area contributed by atoms with Crippen LogP contribution in [0.1, 0.15) is 24.3 Å². The molecule has 5 rings (SSSR count). The Hall–Kier alpha value is -3.77. The fourth-order valence-electron chi connectivity index (χ4n) is 3.90. The lowest BCUT2D eigenvalue weighted by Gasteiger charge is -2.04. The predicted molar refractivity (Wildman–Crippen MR) is 135 cm³/mol. The number of fused-ring (bicyclic) bond motifs is 2. The highest BCUT2D eigenvalue weighted by molar-refractivity contribution is 7.15. The largest absolute Gasteiger partial charge is 0.352 e. The molecule has 0 aliphatic heterocycles. The molecule has 0 aromatic carbocycles. The Bertz CT molecular complexity index is 1530. The van der Waals surface area contributed by atoms with E-state index in [-0.39, 0.29) is 0 Å². The molecule has 5 aromatic heterocycles. The van der Waals surface area contributed by atoms with Gasteiger partial charge in [0.1, 0.15) is 0 Å². The average molecular weight is 438 g/mol. The summed E-state index contributed by atoms with van der Waals surface area (Å²) in [6.45, 7) is 10.1. The molecule has 5 heterocycles. The zero-order chi connectivity index (χ0) is 22.2. The second-order valence-corrected chi connectivity index (χ2v) is 9.17. The van der Waals surface area contributed by atoms with Crippen LogP contribution >= 0.6 is 11.3 Å². The lowest BCUT2D eigenvalue weighted by Crippen LogP contribution is -1.86. The van der Waals surface area contributed by atoms with Gasteiger partial charge in [0.05, 0.1) is 23.1 Å². The molecular formula is C26H23N5S. The van der Waals surface area contributed by atoms with Crippen molar-refractivity contribution in [2.75, 3.05) is 0 Å². The molecule has 5 aromatic rings. The first kappa shape index (κ1) is 20.2. The number of rotatable bonds is 5. The Morgan fingerprint density at radius 1 is 1.12 bits per heavy atom. The Balaban J connectivity index is 1.66. The number of aryl methyl sites for hydroxylation is 1. The molecule has 0 spiro atoms. The third-order valence-electron chi connectivity index (χ3n) is 5.31. The van der Waals surface area contributed by atoms with Crippen LogP contribution in [0.2, 0.25) is 0 Å². The summed E-state index contributed by atoms with van der Waals surface area (Å²) in [5, 5.41) is 9.71. The van der Waals surface area contributed by atoms with Gasteiger partial charge in [-0.1, -0.05) is 30.4 Å². The van der Waals surface area contributed by atoms with Gasteiger partial charge in [-0.2, -0.15) is 5.10 Å². The molecule has 0 radical (unpaired) electrons. The first-order valence-electron chi connectivity index (χ1n) is 10.4. The number of aromatic nitrogens is 5. The van der Waals surface area contributed by atoms with E-state index in [0.717, 1.165) is 50.0 Å². The number of thiophene rings is 1. The van der Waals surface area contributed by atoms with Gasteiger partial charge in [0.25, 0.3) is 0 Å². The summed E-state index contributed by atoms with van der Waals surface area (Å²) >= 11 is 1.78. The van der Waals surface area contributed by atoms with Gasteiger partial charge in [-0.15, -0.1) is 11.3 Å². The van der Waals surface area contributed by atoms with E-state index in [1.807, 2.05) is 38.5 Å². The van der Waals surface area contributed by atoms with E-state index < -0.39 is 0 Å². The Morgan fingerprint density at radius 2 is 2.00 bits per heavy atom. The molecule has 6 heteroatoms. The van der Waals surface area contributed by atoms with Crippen molar-refractivity contribution in [2.45, 2.75) is 20.8 Å². The summed E-state index contributed by atoms with van der Waals surface area (Å²) in [6, 6.07) is 8.59. The first-order chi connectivity index (χ1) is 15.5. The minimum Gasteiger partial charge on any atom is -0.352 e. The maximum atomic E-state index is 4.59. The summed E-state index contributed by atoms with van der Waals surface area (Å²) < 4.78 is 0. The van der Waals surface area contributed by atoms with Gasteiger partial charge in [0, 0.05) is 44.0 Å². The van der Waals surface area contributed by atoms with E-state index in [2.05, 4.69) is 75.1 Å². The second kappa shape index (κ2) is 8.05. The van der Waals surface area contributed by atoms with Crippen molar-refractivity contribution in [3.63, 3.8) is 0 Å². The molecule has 158 valence electrons. The fraction of sp³-hybridized carbons (Fsp3) is 0.115. The van der Waals surface area contributed by atoms with Crippen LogP contribution in [-0.2, 0) is 0 Å². The highest BCUT2D eigenvalue weighted by Gasteiger charge is 2.15. The van der Waals surface area contributed by atoms with E-state index in [1.54, 1.807) is 11.3 Å². The molecule has 0 amide bonds. The molecule has 0 aliphatic rings. The van der Waals surface area contributed by atoms with Crippen molar-refractivity contribution in [1.29, 1.82) is 0 Å². The number of H-pyrrole nitrogens is 2. The molecule has 0 fully saturated rings. The quantitative estimate of drug-likeness (QED) is 0.289. The average Bonchev–Trinajstić information content (AvgIpc) is 3.49. The van der Waals surface area contributed by atoms with E-state index >= 15 is 0 Å². The predicted octanol–water partition coefficient (Wildman–Crippen LogP) is 7.07. The van der Waals surface area contributed by atoms with Crippen molar-refractivity contribution >= 4 is 38.8 Å². The van der Waals surface area contributed by atoms with Crippen molar-refractivity contribution in [1.82, 2.24) is 25.1 Å². The maximum Gasteiger partial charge on any atom is 0.181 e. The van der Waals surface area contributed by atoms with E-state index in [4.69, 9.17) is 0 Å². The number of hydrogen-bond acceptors (Lipinski definition) is 4. The minimum absolute atomic E-state index is 0.685. The normalized spacial score (nSPS) is 12.4. The number of pyridine rings is 2. The standard InChI is InChI=1S/C26H23N5S/c1-5-6-17(9-15(2)3)18-10-20-25(30-31-26(20)28-12-18)22-11-19-21(13-27-14-23(19)29-22)24-8-7-16(4)32-24/h5-14,29H,2H2,1,3-4H3,(H,28,30,31)/b6-5-,17-9+. The van der Waals surface area contributed by atoms with Crippen molar-refractivity contribution < 1.29 is 0 Å². The fourth-order valence-corrected chi connectivity index (χ4v) is 4.79. The van der Waals surface area contributed by atoms with Gasteiger partial charge < -0.3 is 4.98 Å². The van der Waals surface area contributed by atoms with Crippen LogP contribution < -0.4 is 0 Å².